The summed E-state index contributed by atoms with van der Waals surface area (Å²) in [5.41, 5.74) is 8.13. The molecule has 1 aromatic carbocycles. The van der Waals surface area contributed by atoms with Crippen LogP contribution in [0.5, 0.6) is 0 Å². The summed E-state index contributed by atoms with van der Waals surface area (Å²) in [4.78, 5) is 2.25. The number of aryl methyl sites for hydroxylation is 2. The quantitative estimate of drug-likeness (QED) is 0.834. The number of benzene rings is 1. The highest BCUT2D eigenvalue weighted by Gasteiger charge is 2.12. The maximum absolute atomic E-state index is 12.0. The second-order valence-electron chi connectivity index (χ2n) is 4.77. The second kappa shape index (κ2) is 5.95. The van der Waals surface area contributed by atoms with Crippen LogP contribution in [-0.2, 0) is 22.3 Å². The van der Waals surface area contributed by atoms with E-state index in [4.69, 9.17) is 5.73 Å². The Bertz CT molecular complexity index is 669. The smallest absolute Gasteiger partial charge is 0.216 e. The molecule has 0 aliphatic heterocycles. The minimum absolute atomic E-state index is 0.0311. The maximum Gasteiger partial charge on any atom is 0.216 e. The summed E-state index contributed by atoms with van der Waals surface area (Å²) in [5.74, 6) is -0.0311. The second-order valence-corrected chi connectivity index (χ2v) is 7.92. The van der Waals surface area contributed by atoms with Gasteiger partial charge in [0, 0.05) is 22.0 Å². The monoisotopic (exact) mass is 310 g/mol. The van der Waals surface area contributed by atoms with Crippen molar-refractivity contribution in [2.75, 3.05) is 5.73 Å². The third kappa shape index (κ3) is 4.06. The third-order valence-corrected chi connectivity index (χ3v) is 5.47. The molecule has 0 unspecified atom stereocenters. The number of thiophene rings is 1. The highest BCUT2D eigenvalue weighted by atomic mass is 32.2. The van der Waals surface area contributed by atoms with Crippen LogP contribution in [0.1, 0.15) is 20.9 Å². The van der Waals surface area contributed by atoms with Crippen molar-refractivity contribution in [2.45, 2.75) is 26.1 Å². The number of rotatable bonds is 5. The van der Waals surface area contributed by atoms with Crippen molar-refractivity contribution in [2.24, 2.45) is 0 Å². The molecule has 2 rings (SSSR count). The molecule has 0 bridgehead atoms. The summed E-state index contributed by atoms with van der Waals surface area (Å²) in [6, 6.07) is 8.89. The molecule has 2 aromatic rings. The first-order chi connectivity index (χ1) is 9.35. The topological polar surface area (TPSA) is 72.2 Å². The highest BCUT2D eigenvalue weighted by Crippen LogP contribution is 2.20. The molecule has 4 nitrogen and oxygen atoms in total. The van der Waals surface area contributed by atoms with E-state index in [9.17, 15) is 8.42 Å². The highest BCUT2D eigenvalue weighted by molar-refractivity contribution is 7.88. The first-order valence-electron chi connectivity index (χ1n) is 6.23. The van der Waals surface area contributed by atoms with Crippen LogP contribution in [0.4, 0.5) is 5.69 Å². The van der Waals surface area contributed by atoms with E-state index in [0.29, 0.717) is 12.2 Å². The zero-order valence-electron chi connectivity index (χ0n) is 11.5. The van der Waals surface area contributed by atoms with Gasteiger partial charge in [-0.2, -0.15) is 0 Å². The van der Waals surface area contributed by atoms with Gasteiger partial charge in [0.15, 0.2) is 0 Å². The molecule has 0 aliphatic rings. The van der Waals surface area contributed by atoms with Crippen LogP contribution in [0.2, 0.25) is 0 Å². The average Bonchev–Trinajstić information content (AvgIpc) is 2.69. The van der Waals surface area contributed by atoms with E-state index >= 15 is 0 Å². The summed E-state index contributed by atoms with van der Waals surface area (Å²) in [7, 11) is -3.33. The van der Waals surface area contributed by atoms with Crippen molar-refractivity contribution in [1.82, 2.24) is 4.72 Å². The summed E-state index contributed by atoms with van der Waals surface area (Å²) in [6.07, 6.45) is 0. The molecule has 3 N–H and O–H groups in total. The van der Waals surface area contributed by atoms with Gasteiger partial charge in [0.25, 0.3) is 0 Å². The number of nitrogen functional groups attached to an aromatic ring is 1. The van der Waals surface area contributed by atoms with Crippen molar-refractivity contribution < 1.29 is 8.42 Å². The summed E-state index contributed by atoms with van der Waals surface area (Å²) < 4.78 is 26.7. The fourth-order valence-corrected chi connectivity index (χ4v) is 4.00. The van der Waals surface area contributed by atoms with Gasteiger partial charge in [-0.05, 0) is 43.2 Å². The van der Waals surface area contributed by atoms with Crippen LogP contribution in [0.3, 0.4) is 0 Å². The lowest BCUT2D eigenvalue weighted by atomic mass is 10.2. The first-order valence-corrected chi connectivity index (χ1v) is 8.70. The van der Waals surface area contributed by atoms with Crippen LogP contribution in [0, 0.1) is 13.8 Å². The van der Waals surface area contributed by atoms with Crippen LogP contribution < -0.4 is 10.5 Å². The predicted octanol–water partition coefficient (Wildman–Crippen LogP) is 2.57. The Kier molecular flexibility index (Phi) is 4.47. The SMILES string of the molecule is Cc1cc(CNS(=O)(=O)Cc2ccc(N)cc2)sc1C. The van der Waals surface area contributed by atoms with Gasteiger partial charge in [0.2, 0.25) is 10.0 Å². The molecular formula is C14H18N2O2S2. The summed E-state index contributed by atoms with van der Waals surface area (Å²) in [6.45, 7) is 4.40. The molecule has 1 heterocycles. The van der Waals surface area contributed by atoms with Gasteiger partial charge >= 0.3 is 0 Å². The number of nitrogens with one attached hydrogen (secondary N) is 1. The third-order valence-electron chi connectivity index (χ3n) is 3.02. The Morgan fingerprint density at radius 1 is 1.20 bits per heavy atom. The minimum Gasteiger partial charge on any atom is -0.399 e. The lowest BCUT2D eigenvalue weighted by molar-refractivity contribution is 0.581. The molecule has 0 amide bonds. The number of sulfonamides is 1. The molecule has 108 valence electrons. The van der Waals surface area contributed by atoms with Crippen molar-refractivity contribution >= 4 is 27.0 Å². The van der Waals surface area contributed by atoms with Crippen molar-refractivity contribution in [1.29, 1.82) is 0 Å². The van der Waals surface area contributed by atoms with Crippen molar-refractivity contribution in [3.8, 4) is 0 Å². The van der Waals surface area contributed by atoms with Gasteiger partial charge in [-0.1, -0.05) is 12.1 Å². The molecule has 0 saturated carbocycles. The van der Waals surface area contributed by atoms with E-state index in [1.165, 1.54) is 10.4 Å². The lowest BCUT2D eigenvalue weighted by Gasteiger charge is -2.06. The standard InChI is InChI=1S/C14H18N2O2S2/c1-10-7-14(19-11(10)2)8-16-20(17,18)9-12-3-5-13(15)6-4-12/h3-7,16H,8-9,15H2,1-2H3. The van der Waals surface area contributed by atoms with Crippen LogP contribution in [0.25, 0.3) is 0 Å². The fraction of sp³-hybridized carbons (Fsp3) is 0.286. The van der Waals surface area contributed by atoms with E-state index < -0.39 is 10.0 Å². The molecule has 0 fully saturated rings. The normalized spacial score (nSPS) is 11.7. The maximum atomic E-state index is 12.0. The molecule has 6 heteroatoms. The molecule has 1 aromatic heterocycles. The fourth-order valence-electron chi connectivity index (χ4n) is 1.80. The number of hydrogen-bond donors (Lipinski definition) is 2. The summed E-state index contributed by atoms with van der Waals surface area (Å²) in [5, 5.41) is 0. The Balaban J connectivity index is 1.99. The van der Waals surface area contributed by atoms with Gasteiger partial charge in [0.1, 0.15) is 0 Å². The molecule has 0 aliphatic carbocycles. The van der Waals surface area contributed by atoms with E-state index in [2.05, 4.69) is 4.72 Å². The zero-order valence-corrected chi connectivity index (χ0v) is 13.1. The van der Waals surface area contributed by atoms with Crippen LogP contribution >= 0.6 is 11.3 Å². The molecule has 0 atom stereocenters. The Morgan fingerprint density at radius 3 is 2.40 bits per heavy atom. The van der Waals surface area contributed by atoms with Crippen LogP contribution in [-0.4, -0.2) is 8.42 Å². The molecule has 0 saturated heterocycles. The van der Waals surface area contributed by atoms with Crippen molar-refractivity contribution in [3.63, 3.8) is 0 Å². The lowest BCUT2D eigenvalue weighted by Crippen LogP contribution is -2.24. The van der Waals surface area contributed by atoms with E-state index in [0.717, 1.165) is 10.4 Å². The van der Waals surface area contributed by atoms with Gasteiger partial charge in [-0.25, -0.2) is 13.1 Å². The average molecular weight is 310 g/mol. The van der Waals surface area contributed by atoms with Gasteiger partial charge in [-0.3, -0.25) is 0 Å². The Hall–Kier alpha value is -1.37. The molecule has 0 spiro atoms. The first kappa shape index (κ1) is 15.0. The predicted molar refractivity (Wildman–Crippen MR) is 84.1 cm³/mol. The zero-order chi connectivity index (χ0) is 14.8. The van der Waals surface area contributed by atoms with E-state index in [-0.39, 0.29) is 5.75 Å². The van der Waals surface area contributed by atoms with Gasteiger partial charge in [-0.15, -0.1) is 11.3 Å². The van der Waals surface area contributed by atoms with Gasteiger partial charge in [0.05, 0.1) is 5.75 Å². The van der Waals surface area contributed by atoms with Crippen molar-refractivity contribution in [3.05, 3.63) is 51.2 Å². The molecule has 0 radical (unpaired) electrons. The van der Waals surface area contributed by atoms with Gasteiger partial charge < -0.3 is 5.73 Å². The molecule has 20 heavy (non-hydrogen) atoms. The molecular weight excluding hydrogens is 292 g/mol. The Labute approximate surface area is 123 Å². The number of nitrogens with two attached hydrogens (primary N) is 1. The number of hydrogen-bond acceptors (Lipinski definition) is 4. The van der Waals surface area contributed by atoms with Crippen LogP contribution in [0.15, 0.2) is 30.3 Å². The number of anilines is 1. The van der Waals surface area contributed by atoms with E-state index in [1.807, 2.05) is 19.9 Å². The Morgan fingerprint density at radius 2 is 1.85 bits per heavy atom. The largest absolute Gasteiger partial charge is 0.399 e. The minimum atomic E-state index is -3.33. The summed E-state index contributed by atoms with van der Waals surface area (Å²) >= 11 is 1.62. The van der Waals surface area contributed by atoms with E-state index in [1.54, 1.807) is 35.6 Å².